The number of aromatic nitrogens is 2. The highest BCUT2D eigenvalue weighted by atomic mass is 14.7. The molecule has 1 rings (SSSR count). The zero-order chi connectivity index (χ0) is 7.94. The Hall–Kier alpha value is -1.44. The summed E-state index contributed by atoms with van der Waals surface area (Å²) in [5.74, 6) is 0. The SMILES string of the molecule is CC=CC=Cc1cnccn1. The molecule has 0 amide bonds. The van der Waals surface area contributed by atoms with Crippen LogP contribution in [0.5, 0.6) is 0 Å². The summed E-state index contributed by atoms with van der Waals surface area (Å²) in [4.78, 5) is 7.99. The first-order chi connectivity index (χ1) is 5.43. The minimum Gasteiger partial charge on any atom is -0.261 e. The molecule has 2 nitrogen and oxygen atoms in total. The van der Waals surface area contributed by atoms with E-state index in [0.29, 0.717) is 0 Å². The van der Waals surface area contributed by atoms with Gasteiger partial charge in [0.1, 0.15) is 0 Å². The molecule has 0 saturated carbocycles. The topological polar surface area (TPSA) is 25.8 Å². The minimum absolute atomic E-state index is 0.880. The Kier molecular flexibility index (Phi) is 3.06. The molecule has 1 heterocycles. The van der Waals surface area contributed by atoms with Crippen molar-refractivity contribution < 1.29 is 0 Å². The number of hydrogen-bond donors (Lipinski definition) is 0. The number of hydrogen-bond acceptors (Lipinski definition) is 2. The second-order valence-corrected chi connectivity index (χ2v) is 2.02. The van der Waals surface area contributed by atoms with Gasteiger partial charge in [-0.3, -0.25) is 9.97 Å². The lowest BCUT2D eigenvalue weighted by atomic mass is 10.4. The van der Waals surface area contributed by atoms with Crippen LogP contribution in [-0.2, 0) is 0 Å². The molecule has 0 saturated heterocycles. The molecule has 0 N–H and O–H groups in total. The van der Waals surface area contributed by atoms with E-state index >= 15 is 0 Å². The Labute approximate surface area is 66.3 Å². The van der Waals surface area contributed by atoms with Crippen LogP contribution in [0.15, 0.2) is 36.8 Å². The third kappa shape index (κ3) is 2.76. The number of nitrogens with zero attached hydrogens (tertiary/aromatic N) is 2. The fourth-order valence-electron chi connectivity index (χ4n) is 0.662. The van der Waals surface area contributed by atoms with Gasteiger partial charge in [0.15, 0.2) is 0 Å². The predicted molar refractivity (Wildman–Crippen MR) is 45.9 cm³/mol. The van der Waals surface area contributed by atoms with Gasteiger partial charge >= 0.3 is 0 Å². The molecule has 1 aromatic rings. The van der Waals surface area contributed by atoms with E-state index in [0.717, 1.165) is 5.69 Å². The summed E-state index contributed by atoms with van der Waals surface area (Å²) in [6.45, 7) is 1.97. The van der Waals surface area contributed by atoms with Crippen molar-refractivity contribution in [2.24, 2.45) is 0 Å². The first-order valence-corrected chi connectivity index (χ1v) is 3.49. The lowest BCUT2D eigenvalue weighted by molar-refractivity contribution is 1.18. The molecule has 0 spiro atoms. The van der Waals surface area contributed by atoms with E-state index in [1.54, 1.807) is 18.6 Å². The van der Waals surface area contributed by atoms with Crippen molar-refractivity contribution in [2.75, 3.05) is 0 Å². The summed E-state index contributed by atoms with van der Waals surface area (Å²) in [6.07, 6.45) is 12.8. The largest absolute Gasteiger partial charge is 0.261 e. The molecule has 0 unspecified atom stereocenters. The highest BCUT2D eigenvalue weighted by Crippen LogP contribution is 1.93. The van der Waals surface area contributed by atoms with E-state index in [2.05, 4.69) is 9.97 Å². The van der Waals surface area contributed by atoms with Gasteiger partial charge < -0.3 is 0 Å². The molecule has 0 aromatic carbocycles. The van der Waals surface area contributed by atoms with Crippen LogP contribution >= 0.6 is 0 Å². The Bertz CT molecular complexity index is 250. The highest BCUT2D eigenvalue weighted by Gasteiger charge is 1.81. The summed E-state index contributed by atoms with van der Waals surface area (Å²) < 4.78 is 0. The lowest BCUT2D eigenvalue weighted by Crippen LogP contribution is -1.78. The van der Waals surface area contributed by atoms with E-state index in [-0.39, 0.29) is 0 Å². The van der Waals surface area contributed by atoms with E-state index in [4.69, 9.17) is 0 Å². The van der Waals surface area contributed by atoms with Crippen LogP contribution < -0.4 is 0 Å². The smallest absolute Gasteiger partial charge is 0.0812 e. The monoisotopic (exact) mass is 146 g/mol. The second-order valence-electron chi connectivity index (χ2n) is 2.02. The van der Waals surface area contributed by atoms with E-state index in [9.17, 15) is 0 Å². The normalized spacial score (nSPS) is 11.4. The first kappa shape index (κ1) is 7.66. The van der Waals surface area contributed by atoms with Gasteiger partial charge in [-0.2, -0.15) is 0 Å². The van der Waals surface area contributed by atoms with Crippen LogP contribution in [0.25, 0.3) is 6.08 Å². The summed E-state index contributed by atoms with van der Waals surface area (Å²) >= 11 is 0. The van der Waals surface area contributed by atoms with Crippen LogP contribution in [0.1, 0.15) is 12.6 Å². The lowest BCUT2D eigenvalue weighted by Gasteiger charge is -1.86. The molecule has 0 atom stereocenters. The van der Waals surface area contributed by atoms with Gasteiger partial charge in [-0.15, -0.1) is 0 Å². The van der Waals surface area contributed by atoms with Gasteiger partial charge in [0.25, 0.3) is 0 Å². The zero-order valence-electron chi connectivity index (χ0n) is 6.44. The van der Waals surface area contributed by atoms with Crippen molar-refractivity contribution in [3.8, 4) is 0 Å². The van der Waals surface area contributed by atoms with Crippen LogP contribution in [0.4, 0.5) is 0 Å². The molecule has 2 heteroatoms. The average Bonchev–Trinajstić information content (AvgIpc) is 2.07. The molecule has 0 bridgehead atoms. The van der Waals surface area contributed by atoms with Crippen molar-refractivity contribution in [2.45, 2.75) is 6.92 Å². The fourth-order valence-corrected chi connectivity index (χ4v) is 0.662. The van der Waals surface area contributed by atoms with Crippen molar-refractivity contribution >= 4 is 6.08 Å². The Morgan fingerprint density at radius 1 is 1.27 bits per heavy atom. The maximum absolute atomic E-state index is 4.07. The molecule has 0 fully saturated rings. The third-order valence-corrected chi connectivity index (χ3v) is 1.15. The molecule has 0 aliphatic rings. The quantitative estimate of drug-likeness (QED) is 0.597. The van der Waals surface area contributed by atoms with Crippen LogP contribution in [0.3, 0.4) is 0 Å². The van der Waals surface area contributed by atoms with Gasteiger partial charge in [-0.1, -0.05) is 18.2 Å². The van der Waals surface area contributed by atoms with E-state index in [1.165, 1.54) is 0 Å². The van der Waals surface area contributed by atoms with Crippen LogP contribution in [0, 0.1) is 0 Å². The van der Waals surface area contributed by atoms with E-state index in [1.807, 2.05) is 31.2 Å². The van der Waals surface area contributed by atoms with Gasteiger partial charge in [-0.25, -0.2) is 0 Å². The Morgan fingerprint density at radius 2 is 2.18 bits per heavy atom. The summed E-state index contributed by atoms with van der Waals surface area (Å²) in [7, 11) is 0. The standard InChI is InChI=1S/C9H10N2/c1-2-3-4-5-9-8-10-6-7-11-9/h2-8H,1H3. The van der Waals surface area contributed by atoms with Gasteiger partial charge in [0.2, 0.25) is 0 Å². The van der Waals surface area contributed by atoms with Gasteiger partial charge in [-0.05, 0) is 13.0 Å². The minimum atomic E-state index is 0.880. The van der Waals surface area contributed by atoms with Crippen LogP contribution in [0.2, 0.25) is 0 Å². The average molecular weight is 146 g/mol. The van der Waals surface area contributed by atoms with Gasteiger partial charge in [0.05, 0.1) is 11.9 Å². The summed E-state index contributed by atoms with van der Waals surface area (Å²) in [5, 5.41) is 0. The van der Waals surface area contributed by atoms with Crippen LogP contribution in [-0.4, -0.2) is 9.97 Å². The first-order valence-electron chi connectivity index (χ1n) is 3.49. The Balaban J connectivity index is 2.64. The molecule has 0 aliphatic heterocycles. The molecule has 0 aliphatic carbocycles. The van der Waals surface area contributed by atoms with E-state index < -0.39 is 0 Å². The number of rotatable bonds is 2. The van der Waals surface area contributed by atoms with Crippen molar-refractivity contribution in [3.63, 3.8) is 0 Å². The third-order valence-electron chi connectivity index (χ3n) is 1.15. The Morgan fingerprint density at radius 3 is 2.82 bits per heavy atom. The maximum atomic E-state index is 4.07. The highest BCUT2D eigenvalue weighted by molar-refractivity contribution is 5.44. The van der Waals surface area contributed by atoms with Crippen molar-refractivity contribution in [1.29, 1.82) is 0 Å². The van der Waals surface area contributed by atoms with Crippen molar-refractivity contribution in [3.05, 3.63) is 42.5 Å². The molecule has 11 heavy (non-hydrogen) atoms. The number of allylic oxidation sites excluding steroid dienone is 3. The molecular formula is C9H10N2. The fraction of sp³-hybridized carbons (Fsp3) is 0.111. The van der Waals surface area contributed by atoms with Gasteiger partial charge in [0, 0.05) is 12.4 Å². The molecule has 1 aromatic heterocycles. The maximum Gasteiger partial charge on any atom is 0.0812 e. The molecular weight excluding hydrogens is 136 g/mol. The van der Waals surface area contributed by atoms with Crippen molar-refractivity contribution in [1.82, 2.24) is 9.97 Å². The summed E-state index contributed by atoms with van der Waals surface area (Å²) in [6, 6.07) is 0. The zero-order valence-corrected chi connectivity index (χ0v) is 6.44. The predicted octanol–water partition coefficient (Wildman–Crippen LogP) is 2.07. The second kappa shape index (κ2) is 4.39. The molecule has 56 valence electrons. The summed E-state index contributed by atoms with van der Waals surface area (Å²) in [5.41, 5.74) is 0.880. The molecule has 0 radical (unpaired) electrons.